The van der Waals surface area contributed by atoms with E-state index in [9.17, 15) is 19.5 Å². The molecule has 12 heteroatoms. The van der Waals surface area contributed by atoms with E-state index < -0.39 is 29.9 Å². The van der Waals surface area contributed by atoms with Crippen LogP contribution < -0.4 is 25.8 Å². The Hall–Kier alpha value is -5.36. The molecule has 0 bridgehead atoms. The number of aromatic nitrogens is 2. The number of carboxylic acid groups (broad SMARTS) is 2. The number of para-hydroxylation sites is 2. The minimum atomic E-state index is -1.64. The minimum Gasteiger partial charge on any atom is -0.497 e. The quantitative estimate of drug-likeness (QED) is 0.225. The molecule has 42 heavy (non-hydrogen) atoms. The molecule has 0 saturated carbocycles. The van der Waals surface area contributed by atoms with Gasteiger partial charge in [0.25, 0.3) is 5.56 Å². The van der Waals surface area contributed by atoms with E-state index in [2.05, 4.69) is 4.98 Å². The highest BCUT2D eigenvalue weighted by Gasteiger charge is 2.48. The lowest BCUT2D eigenvalue weighted by Crippen LogP contribution is -2.47. The molecule has 0 saturated heterocycles. The van der Waals surface area contributed by atoms with Gasteiger partial charge in [-0.3, -0.25) is 14.5 Å². The van der Waals surface area contributed by atoms with Crippen molar-refractivity contribution in [1.82, 2.24) is 9.55 Å². The van der Waals surface area contributed by atoms with Crippen molar-refractivity contribution in [3.8, 4) is 11.4 Å². The summed E-state index contributed by atoms with van der Waals surface area (Å²) in [4.78, 5) is 45.8. The molecular weight excluding hydrogens is 542 g/mol. The molecule has 1 aliphatic rings. The van der Waals surface area contributed by atoms with Crippen molar-refractivity contribution in [1.29, 1.82) is 0 Å². The van der Waals surface area contributed by atoms with Gasteiger partial charge in [0, 0.05) is 12.1 Å². The first kappa shape index (κ1) is 28.2. The highest BCUT2D eigenvalue weighted by molar-refractivity contribution is 5.87. The lowest BCUT2D eigenvalue weighted by molar-refractivity contribution is -0.150. The third-order valence-electron chi connectivity index (χ3n) is 6.80. The van der Waals surface area contributed by atoms with Gasteiger partial charge in [-0.05, 0) is 48.4 Å². The third kappa shape index (κ3) is 5.34. The molecule has 0 spiro atoms. The average Bonchev–Trinajstić information content (AvgIpc) is 3.32. The third-order valence-corrected chi connectivity index (χ3v) is 6.80. The molecule has 4 aromatic rings. The van der Waals surface area contributed by atoms with Crippen molar-refractivity contribution in [2.75, 3.05) is 29.3 Å². The van der Waals surface area contributed by atoms with E-state index in [0.29, 0.717) is 22.7 Å². The van der Waals surface area contributed by atoms with Gasteiger partial charge in [-0.15, -0.1) is 0 Å². The van der Waals surface area contributed by atoms with Crippen LogP contribution in [0.5, 0.6) is 5.75 Å². The van der Waals surface area contributed by atoms with Gasteiger partial charge in [0.2, 0.25) is 12.2 Å². The van der Waals surface area contributed by atoms with Gasteiger partial charge in [-0.25, -0.2) is 9.36 Å². The monoisotopic (exact) mass is 571 g/mol. The summed E-state index contributed by atoms with van der Waals surface area (Å²) in [7, 11) is 1.53. The number of aliphatic carboxylic acids is 2. The van der Waals surface area contributed by atoms with Crippen molar-refractivity contribution in [2.24, 2.45) is 0 Å². The fourth-order valence-electron chi connectivity index (χ4n) is 4.97. The highest BCUT2D eigenvalue weighted by atomic mass is 16.5. The molecule has 2 atom stereocenters. The molecule has 0 aliphatic carbocycles. The van der Waals surface area contributed by atoms with Crippen LogP contribution in [0.1, 0.15) is 24.6 Å². The number of anilines is 4. The largest absolute Gasteiger partial charge is 0.497 e. The maximum absolute atomic E-state index is 14.3. The Morgan fingerprint density at radius 1 is 0.952 bits per heavy atom. The molecule has 1 aliphatic heterocycles. The summed E-state index contributed by atoms with van der Waals surface area (Å²) in [5.41, 5.74) is 7.65. The standard InChI is InChI=1S/C30H29N5O7/c1-41-22-16-14-19(15-17-22)26-33(20-9-4-2-5-10-20)24-25(35(26)28(29(39)40)42-18-8-13-23(36)37)32-30(31)34(27(24)38)21-11-6-3-7-12-21/h2-7,9-12,14-17,26,28H,8,13,18H2,1H3,(H2,31,32)(H,36,37)(H,39,40). The van der Waals surface area contributed by atoms with Crippen LogP contribution in [0.2, 0.25) is 0 Å². The Bertz CT molecular complexity index is 1630. The van der Waals surface area contributed by atoms with Crippen LogP contribution in [-0.4, -0.2) is 51.6 Å². The Morgan fingerprint density at radius 3 is 2.14 bits per heavy atom. The number of carbonyl (C=O) groups is 2. The number of nitrogens with two attached hydrogens (primary N) is 1. The summed E-state index contributed by atoms with van der Waals surface area (Å²) < 4.78 is 12.4. The molecule has 216 valence electrons. The second-order valence-corrected chi connectivity index (χ2v) is 9.44. The van der Waals surface area contributed by atoms with Crippen molar-refractivity contribution in [2.45, 2.75) is 25.2 Å². The molecule has 2 unspecified atom stereocenters. The van der Waals surface area contributed by atoms with E-state index in [1.165, 1.54) is 16.6 Å². The lowest BCUT2D eigenvalue weighted by Gasteiger charge is -2.35. The average molecular weight is 572 g/mol. The zero-order chi connectivity index (χ0) is 29.8. The Kier molecular flexibility index (Phi) is 8.07. The number of carboxylic acids is 2. The molecule has 0 radical (unpaired) electrons. The summed E-state index contributed by atoms with van der Waals surface area (Å²) in [6.45, 7) is -0.160. The molecule has 1 aromatic heterocycles. The molecule has 5 rings (SSSR count). The SMILES string of the molecule is COc1ccc(C2N(c3ccccc3)c3c(nc(N)n(-c4ccccc4)c3=O)N2C(OCCCC(=O)O)C(=O)O)cc1. The van der Waals surface area contributed by atoms with Gasteiger partial charge in [-0.2, -0.15) is 4.98 Å². The van der Waals surface area contributed by atoms with Crippen LogP contribution >= 0.6 is 0 Å². The number of ether oxygens (including phenoxy) is 2. The summed E-state index contributed by atoms with van der Waals surface area (Å²) >= 11 is 0. The van der Waals surface area contributed by atoms with Crippen LogP contribution in [0.25, 0.3) is 5.69 Å². The number of hydrogen-bond acceptors (Lipinski definition) is 9. The van der Waals surface area contributed by atoms with Crippen molar-refractivity contribution >= 4 is 35.1 Å². The van der Waals surface area contributed by atoms with E-state index in [-0.39, 0.29) is 36.9 Å². The number of hydrogen-bond donors (Lipinski definition) is 3. The minimum absolute atomic E-state index is 0.0139. The number of rotatable bonds is 11. The fourth-order valence-corrected chi connectivity index (χ4v) is 4.97. The summed E-state index contributed by atoms with van der Waals surface area (Å²) in [5, 5.41) is 19.4. The zero-order valence-electron chi connectivity index (χ0n) is 22.7. The topological polar surface area (TPSA) is 160 Å². The van der Waals surface area contributed by atoms with E-state index in [1.807, 2.05) is 12.1 Å². The Balaban J connectivity index is 1.76. The number of methoxy groups -OCH3 is 1. The smallest absolute Gasteiger partial charge is 0.354 e. The molecule has 0 fully saturated rings. The van der Waals surface area contributed by atoms with Gasteiger partial charge in [0.05, 0.1) is 19.4 Å². The Labute approximate surface area is 240 Å². The van der Waals surface area contributed by atoms with Crippen molar-refractivity contribution in [3.63, 3.8) is 0 Å². The first-order valence-corrected chi connectivity index (χ1v) is 13.1. The first-order chi connectivity index (χ1) is 20.3. The molecule has 0 amide bonds. The molecule has 12 nitrogen and oxygen atoms in total. The van der Waals surface area contributed by atoms with Gasteiger partial charge >= 0.3 is 11.9 Å². The van der Waals surface area contributed by atoms with Crippen LogP contribution in [0, 0.1) is 0 Å². The Morgan fingerprint density at radius 2 is 1.57 bits per heavy atom. The van der Waals surface area contributed by atoms with E-state index in [4.69, 9.17) is 20.3 Å². The zero-order valence-corrected chi connectivity index (χ0v) is 22.7. The fraction of sp³-hybridized carbons (Fsp3) is 0.200. The second kappa shape index (κ2) is 12.0. The maximum Gasteiger partial charge on any atom is 0.354 e. The van der Waals surface area contributed by atoms with E-state index in [1.54, 1.807) is 77.7 Å². The normalized spacial score (nSPS) is 14.8. The first-order valence-electron chi connectivity index (χ1n) is 13.1. The maximum atomic E-state index is 14.3. The van der Waals surface area contributed by atoms with Gasteiger partial charge in [0.1, 0.15) is 11.9 Å². The van der Waals surface area contributed by atoms with Gasteiger partial charge < -0.3 is 30.3 Å². The van der Waals surface area contributed by atoms with E-state index in [0.717, 1.165) is 0 Å². The van der Waals surface area contributed by atoms with Gasteiger partial charge in [-0.1, -0.05) is 48.5 Å². The summed E-state index contributed by atoms with van der Waals surface area (Å²) in [6.07, 6.45) is -2.67. The molecule has 2 heterocycles. The summed E-state index contributed by atoms with van der Waals surface area (Å²) in [5.74, 6) is -1.93. The van der Waals surface area contributed by atoms with Crippen molar-refractivity contribution < 1.29 is 29.3 Å². The second-order valence-electron chi connectivity index (χ2n) is 9.44. The van der Waals surface area contributed by atoms with Crippen LogP contribution in [0.4, 0.5) is 23.1 Å². The summed E-state index contributed by atoms with van der Waals surface area (Å²) in [6, 6.07) is 24.8. The number of nitrogens with zero attached hydrogens (tertiary/aromatic N) is 4. The molecule has 3 aromatic carbocycles. The number of fused-ring (bicyclic) bond motifs is 1. The van der Waals surface area contributed by atoms with Crippen LogP contribution in [0.3, 0.4) is 0 Å². The van der Waals surface area contributed by atoms with Crippen molar-refractivity contribution in [3.05, 3.63) is 101 Å². The molecule has 4 N–H and O–H groups in total. The molecular formula is C30H29N5O7. The van der Waals surface area contributed by atoms with Gasteiger partial charge in [0.15, 0.2) is 11.5 Å². The predicted octanol–water partition coefficient (Wildman–Crippen LogP) is 3.77. The van der Waals surface area contributed by atoms with Crippen LogP contribution in [-0.2, 0) is 14.3 Å². The highest BCUT2D eigenvalue weighted by Crippen LogP contribution is 2.49. The van der Waals surface area contributed by atoms with E-state index >= 15 is 0 Å². The van der Waals surface area contributed by atoms with Crippen LogP contribution in [0.15, 0.2) is 89.7 Å². The lowest BCUT2D eigenvalue weighted by atomic mass is 10.1. The number of nitrogen functional groups attached to an aromatic ring is 1. The predicted molar refractivity (Wildman–Crippen MR) is 155 cm³/mol. The number of benzene rings is 3.